The quantitative estimate of drug-likeness (QED) is 0.547. The molecule has 0 radical (unpaired) electrons. The van der Waals surface area contributed by atoms with E-state index < -0.39 is 0 Å². The lowest BCUT2D eigenvalue weighted by atomic mass is 10.2. The summed E-state index contributed by atoms with van der Waals surface area (Å²) in [5.74, 6) is 1.72. The minimum Gasteiger partial charge on any atom is -0.497 e. The predicted molar refractivity (Wildman–Crippen MR) is 99.8 cm³/mol. The van der Waals surface area contributed by atoms with Crippen LogP contribution in [0.2, 0.25) is 0 Å². The van der Waals surface area contributed by atoms with E-state index in [1.807, 2.05) is 48.5 Å². The number of fused-ring (bicyclic) bond motifs is 2. The largest absolute Gasteiger partial charge is 0.497 e. The minimum absolute atomic E-state index is 0.276. The van der Waals surface area contributed by atoms with Crippen molar-refractivity contribution in [3.8, 4) is 17.1 Å². The van der Waals surface area contributed by atoms with E-state index in [-0.39, 0.29) is 6.04 Å². The molecule has 0 spiro atoms. The summed E-state index contributed by atoms with van der Waals surface area (Å²) in [6, 6.07) is 16.1. The summed E-state index contributed by atoms with van der Waals surface area (Å²) in [5.41, 5.74) is 4.31. The number of aromatic nitrogens is 4. The summed E-state index contributed by atoms with van der Waals surface area (Å²) in [6.45, 7) is 4.35. The molecule has 0 fully saturated rings. The molecule has 0 aliphatic rings. The monoisotopic (exact) mass is 332 g/mol. The van der Waals surface area contributed by atoms with Crippen molar-refractivity contribution in [1.29, 1.82) is 0 Å². The van der Waals surface area contributed by atoms with Crippen LogP contribution in [0.5, 0.6) is 5.75 Å². The van der Waals surface area contributed by atoms with Crippen LogP contribution in [-0.2, 0) is 0 Å². The predicted octanol–water partition coefficient (Wildman–Crippen LogP) is 4.63. The average Bonchev–Trinajstić information content (AvgIpc) is 3.03. The Morgan fingerprint density at radius 1 is 0.960 bits per heavy atom. The molecule has 2 heterocycles. The van der Waals surface area contributed by atoms with Gasteiger partial charge in [0, 0.05) is 11.6 Å². The molecule has 0 aliphatic heterocycles. The van der Waals surface area contributed by atoms with Gasteiger partial charge in [-0.3, -0.25) is 0 Å². The van der Waals surface area contributed by atoms with Gasteiger partial charge in [-0.25, -0.2) is 15.0 Å². The first kappa shape index (κ1) is 15.6. The van der Waals surface area contributed by atoms with Crippen molar-refractivity contribution >= 4 is 22.3 Å². The van der Waals surface area contributed by atoms with Gasteiger partial charge in [-0.1, -0.05) is 19.1 Å². The highest BCUT2D eigenvalue weighted by Gasteiger charge is 2.19. The second kappa shape index (κ2) is 6.16. The molecule has 2 aromatic heterocycles. The molecule has 0 saturated carbocycles. The van der Waals surface area contributed by atoms with E-state index in [9.17, 15) is 0 Å². The highest BCUT2D eigenvalue weighted by Crippen LogP contribution is 2.30. The van der Waals surface area contributed by atoms with Crippen molar-refractivity contribution in [1.82, 2.24) is 19.5 Å². The first-order valence-corrected chi connectivity index (χ1v) is 8.50. The standard InChI is InChI=1S/C20H20N4O/c1-4-13(2)24-19(14-9-11-15(25-3)12-10-14)23-18-20(24)22-17-8-6-5-7-16(17)21-18/h5-13H,4H2,1-3H3/t13-/m1/s1. The van der Waals surface area contributed by atoms with Gasteiger partial charge in [0.1, 0.15) is 11.6 Å². The second-order valence-corrected chi connectivity index (χ2v) is 6.15. The lowest BCUT2D eigenvalue weighted by molar-refractivity contribution is 0.415. The summed E-state index contributed by atoms with van der Waals surface area (Å²) < 4.78 is 7.45. The van der Waals surface area contributed by atoms with Gasteiger partial charge in [-0.15, -0.1) is 0 Å². The van der Waals surface area contributed by atoms with Crippen LogP contribution in [0.4, 0.5) is 0 Å². The van der Waals surface area contributed by atoms with Gasteiger partial charge in [0.15, 0.2) is 11.3 Å². The normalized spacial score (nSPS) is 12.6. The first-order chi connectivity index (χ1) is 12.2. The summed E-state index contributed by atoms with van der Waals surface area (Å²) in [6.07, 6.45) is 0.989. The number of rotatable bonds is 4. The molecular weight excluding hydrogens is 312 g/mol. The summed E-state index contributed by atoms with van der Waals surface area (Å²) in [7, 11) is 1.67. The Morgan fingerprint density at radius 2 is 1.64 bits per heavy atom. The highest BCUT2D eigenvalue weighted by molar-refractivity contribution is 5.85. The third-order valence-corrected chi connectivity index (χ3v) is 4.58. The van der Waals surface area contributed by atoms with Crippen LogP contribution >= 0.6 is 0 Å². The molecular formula is C20H20N4O. The zero-order chi connectivity index (χ0) is 17.4. The van der Waals surface area contributed by atoms with E-state index >= 15 is 0 Å². The number of ether oxygens (including phenoxy) is 1. The van der Waals surface area contributed by atoms with E-state index in [2.05, 4.69) is 18.4 Å². The van der Waals surface area contributed by atoms with Crippen LogP contribution in [0.1, 0.15) is 26.3 Å². The molecule has 4 rings (SSSR count). The van der Waals surface area contributed by atoms with Crippen LogP contribution < -0.4 is 4.74 Å². The fourth-order valence-electron chi connectivity index (χ4n) is 3.02. The third-order valence-electron chi connectivity index (χ3n) is 4.58. The maximum absolute atomic E-state index is 5.26. The first-order valence-electron chi connectivity index (χ1n) is 8.50. The maximum Gasteiger partial charge on any atom is 0.198 e. The van der Waals surface area contributed by atoms with E-state index in [1.165, 1.54) is 0 Å². The summed E-state index contributed by atoms with van der Waals surface area (Å²) in [5, 5.41) is 0. The van der Waals surface area contributed by atoms with Gasteiger partial charge in [0.2, 0.25) is 0 Å². The van der Waals surface area contributed by atoms with Gasteiger partial charge in [-0.2, -0.15) is 0 Å². The molecule has 0 aliphatic carbocycles. The Hall–Kier alpha value is -2.95. The number of para-hydroxylation sites is 2. The molecule has 2 aromatic carbocycles. The fraction of sp³-hybridized carbons (Fsp3) is 0.250. The number of methoxy groups -OCH3 is 1. The van der Waals surface area contributed by atoms with E-state index in [0.29, 0.717) is 5.65 Å². The molecule has 1 atom stereocenters. The maximum atomic E-state index is 5.26. The smallest absolute Gasteiger partial charge is 0.198 e. The third kappa shape index (κ3) is 2.61. The van der Waals surface area contributed by atoms with Crippen molar-refractivity contribution in [2.75, 3.05) is 7.11 Å². The van der Waals surface area contributed by atoms with Crippen molar-refractivity contribution < 1.29 is 4.74 Å². The van der Waals surface area contributed by atoms with Crippen LogP contribution in [0, 0.1) is 0 Å². The number of hydrogen-bond donors (Lipinski definition) is 0. The van der Waals surface area contributed by atoms with Crippen LogP contribution in [0.25, 0.3) is 33.7 Å². The SMILES string of the molecule is CC[C@@H](C)n1c(-c2ccc(OC)cc2)nc2nc3ccccc3nc21. The van der Waals surface area contributed by atoms with Crippen molar-refractivity contribution in [2.24, 2.45) is 0 Å². The molecule has 0 saturated heterocycles. The molecule has 0 amide bonds. The number of hydrogen-bond acceptors (Lipinski definition) is 4. The lowest BCUT2D eigenvalue weighted by Gasteiger charge is -2.15. The summed E-state index contributed by atoms with van der Waals surface area (Å²) >= 11 is 0. The number of nitrogens with zero attached hydrogens (tertiary/aromatic N) is 4. The Bertz CT molecular complexity index is 1040. The Morgan fingerprint density at radius 3 is 2.28 bits per heavy atom. The molecule has 5 nitrogen and oxygen atoms in total. The lowest BCUT2D eigenvalue weighted by Crippen LogP contribution is -2.07. The van der Waals surface area contributed by atoms with Crippen LogP contribution in [-0.4, -0.2) is 26.6 Å². The molecule has 0 unspecified atom stereocenters. The van der Waals surface area contributed by atoms with E-state index in [4.69, 9.17) is 19.7 Å². The van der Waals surface area contributed by atoms with Crippen LogP contribution in [0.3, 0.4) is 0 Å². The molecule has 4 aromatic rings. The van der Waals surface area contributed by atoms with Gasteiger partial charge < -0.3 is 9.30 Å². The molecule has 126 valence electrons. The van der Waals surface area contributed by atoms with E-state index in [1.54, 1.807) is 7.11 Å². The number of benzene rings is 2. The Balaban J connectivity index is 1.99. The molecule has 5 heteroatoms. The highest BCUT2D eigenvalue weighted by atomic mass is 16.5. The van der Waals surface area contributed by atoms with Crippen LogP contribution in [0.15, 0.2) is 48.5 Å². The Labute approximate surface area is 146 Å². The number of imidazole rings is 1. The Kier molecular flexibility index (Phi) is 3.84. The van der Waals surface area contributed by atoms with Gasteiger partial charge in [-0.05, 0) is 49.7 Å². The van der Waals surface area contributed by atoms with E-state index in [0.717, 1.165) is 40.2 Å². The van der Waals surface area contributed by atoms with Crippen molar-refractivity contribution in [3.63, 3.8) is 0 Å². The topological polar surface area (TPSA) is 52.8 Å². The van der Waals surface area contributed by atoms with Crippen molar-refractivity contribution in [3.05, 3.63) is 48.5 Å². The minimum atomic E-state index is 0.276. The second-order valence-electron chi connectivity index (χ2n) is 6.15. The zero-order valence-electron chi connectivity index (χ0n) is 14.6. The zero-order valence-corrected chi connectivity index (χ0v) is 14.6. The van der Waals surface area contributed by atoms with Gasteiger partial charge in [0.05, 0.1) is 18.1 Å². The molecule has 0 bridgehead atoms. The van der Waals surface area contributed by atoms with Gasteiger partial charge >= 0.3 is 0 Å². The fourth-order valence-corrected chi connectivity index (χ4v) is 3.02. The van der Waals surface area contributed by atoms with Crippen molar-refractivity contribution in [2.45, 2.75) is 26.3 Å². The average molecular weight is 332 g/mol. The summed E-state index contributed by atoms with van der Waals surface area (Å²) in [4.78, 5) is 14.4. The van der Waals surface area contributed by atoms with Gasteiger partial charge in [0.25, 0.3) is 0 Å². The molecule has 25 heavy (non-hydrogen) atoms. The molecule has 0 N–H and O–H groups in total.